The molecule has 0 aliphatic heterocycles. The fraction of sp³-hybridized carbons (Fsp3) is 0.417. The average Bonchev–Trinajstić information content (AvgIpc) is 2.70. The van der Waals surface area contributed by atoms with Gasteiger partial charge in [0.05, 0.1) is 5.52 Å². The van der Waals surface area contributed by atoms with Crippen LogP contribution in [0, 0.1) is 0 Å². The first-order valence-corrected chi connectivity index (χ1v) is 5.68. The summed E-state index contributed by atoms with van der Waals surface area (Å²) >= 11 is 0. The Morgan fingerprint density at radius 2 is 2.24 bits per heavy atom. The number of hydrogen-bond acceptors (Lipinski definition) is 3. The van der Waals surface area contributed by atoms with E-state index < -0.39 is 0 Å². The Bertz CT molecular complexity index is 546. The van der Waals surface area contributed by atoms with Crippen LogP contribution in [0.25, 0.3) is 11.0 Å². The van der Waals surface area contributed by atoms with Crippen LogP contribution in [-0.2, 0) is 7.05 Å². The lowest BCUT2D eigenvalue weighted by Gasteiger charge is -2.15. The smallest absolute Gasteiger partial charge is 0.253 e. The fourth-order valence-electron chi connectivity index (χ4n) is 1.83. The van der Waals surface area contributed by atoms with Gasteiger partial charge in [-0.25, -0.2) is 4.68 Å². The van der Waals surface area contributed by atoms with Crippen LogP contribution in [-0.4, -0.2) is 39.4 Å². The predicted molar refractivity (Wildman–Crippen MR) is 65.8 cm³/mol. The SMILES string of the molecule is CCCN(C)C(=O)c1ccc2c(c1)nnn2C. The second-order valence-corrected chi connectivity index (χ2v) is 4.14. The lowest BCUT2D eigenvalue weighted by Crippen LogP contribution is -2.27. The number of aromatic nitrogens is 3. The predicted octanol–water partition coefficient (Wildman–Crippen LogP) is 1.45. The van der Waals surface area contributed by atoms with Crippen LogP contribution in [0.15, 0.2) is 18.2 Å². The molecule has 1 aromatic carbocycles. The van der Waals surface area contributed by atoms with E-state index in [9.17, 15) is 4.79 Å². The van der Waals surface area contributed by atoms with Crippen LogP contribution < -0.4 is 0 Å². The highest BCUT2D eigenvalue weighted by Crippen LogP contribution is 2.13. The molecule has 0 N–H and O–H groups in total. The molecule has 0 spiro atoms. The molecule has 0 atom stereocenters. The van der Waals surface area contributed by atoms with Crippen molar-refractivity contribution in [1.29, 1.82) is 0 Å². The zero-order chi connectivity index (χ0) is 12.4. The van der Waals surface area contributed by atoms with E-state index in [2.05, 4.69) is 17.2 Å². The third-order valence-corrected chi connectivity index (χ3v) is 2.76. The summed E-state index contributed by atoms with van der Waals surface area (Å²) in [4.78, 5) is 13.8. The number of rotatable bonds is 3. The number of carbonyl (C=O) groups excluding carboxylic acids is 1. The molecule has 90 valence electrons. The van der Waals surface area contributed by atoms with E-state index in [0.29, 0.717) is 5.56 Å². The molecule has 0 aliphatic carbocycles. The van der Waals surface area contributed by atoms with Crippen molar-refractivity contribution in [2.75, 3.05) is 13.6 Å². The maximum absolute atomic E-state index is 12.1. The third-order valence-electron chi connectivity index (χ3n) is 2.76. The van der Waals surface area contributed by atoms with Gasteiger partial charge in [-0.2, -0.15) is 0 Å². The highest BCUT2D eigenvalue weighted by molar-refractivity contribution is 5.97. The summed E-state index contributed by atoms with van der Waals surface area (Å²) in [5.41, 5.74) is 2.34. The quantitative estimate of drug-likeness (QED) is 0.804. The van der Waals surface area contributed by atoms with Crippen LogP contribution in [0.5, 0.6) is 0 Å². The Hall–Kier alpha value is -1.91. The van der Waals surface area contributed by atoms with Gasteiger partial charge in [0, 0.05) is 26.2 Å². The molecule has 0 unspecified atom stereocenters. The molecule has 1 aromatic heterocycles. The molecule has 0 bridgehead atoms. The first-order valence-electron chi connectivity index (χ1n) is 5.68. The normalized spacial score (nSPS) is 10.8. The minimum absolute atomic E-state index is 0.0272. The zero-order valence-corrected chi connectivity index (χ0v) is 10.3. The highest BCUT2D eigenvalue weighted by Gasteiger charge is 2.12. The van der Waals surface area contributed by atoms with Gasteiger partial charge in [-0.15, -0.1) is 5.10 Å². The Morgan fingerprint density at radius 3 is 2.94 bits per heavy atom. The summed E-state index contributed by atoms with van der Waals surface area (Å²) < 4.78 is 1.69. The van der Waals surface area contributed by atoms with E-state index in [0.717, 1.165) is 24.0 Å². The van der Waals surface area contributed by atoms with Gasteiger partial charge in [0.15, 0.2) is 0 Å². The molecule has 1 amide bonds. The molecular formula is C12H16N4O. The summed E-state index contributed by atoms with van der Waals surface area (Å²) in [7, 11) is 3.65. The van der Waals surface area contributed by atoms with Crippen molar-refractivity contribution in [3.05, 3.63) is 23.8 Å². The van der Waals surface area contributed by atoms with Crippen LogP contribution in [0.3, 0.4) is 0 Å². The van der Waals surface area contributed by atoms with Gasteiger partial charge in [0.25, 0.3) is 5.91 Å². The number of amides is 1. The second-order valence-electron chi connectivity index (χ2n) is 4.14. The highest BCUT2D eigenvalue weighted by atomic mass is 16.2. The third kappa shape index (κ3) is 2.13. The summed E-state index contributed by atoms with van der Waals surface area (Å²) in [6, 6.07) is 5.49. The molecule has 0 fully saturated rings. The van der Waals surface area contributed by atoms with Crippen molar-refractivity contribution < 1.29 is 4.79 Å². The molecule has 5 nitrogen and oxygen atoms in total. The average molecular weight is 232 g/mol. The maximum Gasteiger partial charge on any atom is 0.253 e. The molecule has 0 aliphatic rings. The first-order chi connectivity index (χ1) is 8.13. The summed E-state index contributed by atoms with van der Waals surface area (Å²) in [6.45, 7) is 2.81. The van der Waals surface area contributed by atoms with Gasteiger partial charge < -0.3 is 4.90 Å². The zero-order valence-electron chi connectivity index (χ0n) is 10.3. The number of benzene rings is 1. The number of carbonyl (C=O) groups is 1. The van der Waals surface area contributed by atoms with Crippen molar-refractivity contribution in [3.8, 4) is 0 Å². The maximum atomic E-state index is 12.1. The Labute approximate surface area is 100 Å². The molecule has 0 saturated heterocycles. The van der Waals surface area contributed by atoms with E-state index >= 15 is 0 Å². The molecule has 2 rings (SSSR count). The Balaban J connectivity index is 2.33. The van der Waals surface area contributed by atoms with E-state index in [1.165, 1.54) is 0 Å². The summed E-state index contributed by atoms with van der Waals surface area (Å²) in [5.74, 6) is 0.0272. The molecular weight excluding hydrogens is 216 g/mol. The van der Waals surface area contributed by atoms with E-state index in [-0.39, 0.29) is 5.91 Å². The lowest BCUT2D eigenvalue weighted by atomic mass is 10.1. The molecule has 0 saturated carbocycles. The topological polar surface area (TPSA) is 51.0 Å². The summed E-state index contributed by atoms with van der Waals surface area (Å²) in [5, 5.41) is 7.93. The van der Waals surface area contributed by atoms with Crippen LogP contribution in [0.4, 0.5) is 0 Å². The number of fused-ring (bicyclic) bond motifs is 1. The van der Waals surface area contributed by atoms with Gasteiger partial charge in [0.1, 0.15) is 5.52 Å². The number of hydrogen-bond donors (Lipinski definition) is 0. The molecule has 17 heavy (non-hydrogen) atoms. The van der Waals surface area contributed by atoms with Gasteiger partial charge >= 0.3 is 0 Å². The van der Waals surface area contributed by atoms with Gasteiger partial charge in [-0.1, -0.05) is 12.1 Å². The van der Waals surface area contributed by atoms with E-state index in [4.69, 9.17) is 0 Å². The number of nitrogens with zero attached hydrogens (tertiary/aromatic N) is 4. The van der Waals surface area contributed by atoms with Crippen molar-refractivity contribution in [1.82, 2.24) is 19.9 Å². The standard InChI is InChI=1S/C12H16N4O/c1-4-7-15(2)12(17)9-5-6-11-10(8-9)13-14-16(11)3/h5-6,8H,4,7H2,1-3H3. The van der Waals surface area contributed by atoms with Crippen molar-refractivity contribution >= 4 is 16.9 Å². The summed E-state index contributed by atoms with van der Waals surface area (Å²) in [6.07, 6.45) is 0.954. The van der Waals surface area contributed by atoms with E-state index in [1.54, 1.807) is 15.6 Å². The number of aryl methyl sites for hydroxylation is 1. The molecule has 2 aromatic rings. The van der Waals surface area contributed by atoms with E-state index in [1.807, 2.05) is 26.2 Å². The Morgan fingerprint density at radius 1 is 1.47 bits per heavy atom. The van der Waals surface area contributed by atoms with Crippen LogP contribution >= 0.6 is 0 Å². The van der Waals surface area contributed by atoms with Gasteiger partial charge in [-0.05, 0) is 24.6 Å². The van der Waals surface area contributed by atoms with Crippen molar-refractivity contribution in [2.45, 2.75) is 13.3 Å². The van der Waals surface area contributed by atoms with Crippen LogP contribution in [0.2, 0.25) is 0 Å². The van der Waals surface area contributed by atoms with Crippen molar-refractivity contribution in [2.24, 2.45) is 7.05 Å². The molecule has 5 heteroatoms. The lowest BCUT2D eigenvalue weighted by molar-refractivity contribution is 0.0795. The van der Waals surface area contributed by atoms with Gasteiger partial charge in [0.2, 0.25) is 0 Å². The first kappa shape index (κ1) is 11.6. The largest absolute Gasteiger partial charge is 0.342 e. The van der Waals surface area contributed by atoms with Gasteiger partial charge in [-0.3, -0.25) is 4.79 Å². The monoisotopic (exact) mass is 232 g/mol. The minimum atomic E-state index is 0.0272. The Kier molecular flexibility index (Phi) is 3.08. The second kappa shape index (κ2) is 4.53. The molecule has 1 heterocycles. The van der Waals surface area contributed by atoms with Crippen LogP contribution in [0.1, 0.15) is 23.7 Å². The minimum Gasteiger partial charge on any atom is -0.342 e. The fourth-order valence-corrected chi connectivity index (χ4v) is 1.83. The van der Waals surface area contributed by atoms with Crippen molar-refractivity contribution in [3.63, 3.8) is 0 Å². The molecule has 0 radical (unpaired) electrons.